The van der Waals surface area contributed by atoms with E-state index in [9.17, 15) is 9.59 Å². The molecule has 0 saturated carbocycles. The number of benzene rings is 3. The van der Waals surface area contributed by atoms with Gasteiger partial charge in [0.05, 0.1) is 31.6 Å². The standard InChI is InChI=1S/C40H55N3O2.ClH/c1-4-33(3)31-43(5-2)28-18-19-34(32-43)30-42-38(44)26-16-9-17-27-41-39(45)29-40(35-20-10-6-11-21-35,36-22-12-7-13-23-36)37-24-14-8-15-25-37;/h6-8,10-15,20-25,33-34H,4-5,9,16-19,26-32H2,1-3H3,(H-,41,42,44,45);1H/t33-,34-,43?;/m0./s1. The molecule has 6 heteroatoms. The first-order chi connectivity index (χ1) is 21.9. The Morgan fingerprint density at radius 2 is 1.37 bits per heavy atom. The number of unbranched alkanes of at least 4 members (excludes halogenated alkanes) is 2. The molecule has 5 nitrogen and oxygen atoms in total. The van der Waals surface area contributed by atoms with E-state index in [-0.39, 0.29) is 24.2 Å². The van der Waals surface area contributed by atoms with Crippen LogP contribution in [0.5, 0.6) is 0 Å². The van der Waals surface area contributed by atoms with Crippen molar-refractivity contribution in [3.63, 3.8) is 0 Å². The summed E-state index contributed by atoms with van der Waals surface area (Å²) in [4.78, 5) is 26.2. The van der Waals surface area contributed by atoms with E-state index in [2.05, 4.69) is 67.8 Å². The molecule has 1 saturated heterocycles. The van der Waals surface area contributed by atoms with Gasteiger partial charge in [-0.1, -0.05) is 111 Å². The van der Waals surface area contributed by atoms with Crippen molar-refractivity contribution >= 4 is 11.8 Å². The van der Waals surface area contributed by atoms with Crippen molar-refractivity contribution in [1.29, 1.82) is 0 Å². The van der Waals surface area contributed by atoms with Gasteiger partial charge < -0.3 is 27.5 Å². The zero-order valence-electron chi connectivity index (χ0n) is 28.4. The molecule has 3 aromatic carbocycles. The first kappa shape index (κ1) is 37.3. The second kappa shape index (κ2) is 18.9. The predicted molar refractivity (Wildman–Crippen MR) is 186 cm³/mol. The summed E-state index contributed by atoms with van der Waals surface area (Å²) in [6, 6.07) is 31.1. The Morgan fingerprint density at radius 1 is 0.804 bits per heavy atom. The largest absolute Gasteiger partial charge is 1.00 e. The molecule has 1 aliphatic rings. The Hall–Kier alpha value is -3.15. The highest BCUT2D eigenvalue weighted by Crippen LogP contribution is 2.42. The third kappa shape index (κ3) is 10.2. The highest BCUT2D eigenvalue weighted by molar-refractivity contribution is 5.80. The molecule has 1 unspecified atom stereocenters. The molecular formula is C40H56ClN3O2. The van der Waals surface area contributed by atoms with Gasteiger partial charge in [0.25, 0.3) is 0 Å². The normalized spacial score (nSPS) is 18.6. The Balaban J connectivity index is 0.00000576. The Kier molecular flexibility index (Phi) is 15.3. The first-order valence-electron chi connectivity index (χ1n) is 17.5. The summed E-state index contributed by atoms with van der Waals surface area (Å²) in [5.74, 6) is 1.53. The van der Waals surface area contributed by atoms with Crippen LogP contribution in [-0.4, -0.2) is 55.6 Å². The lowest BCUT2D eigenvalue weighted by atomic mass is 9.67. The number of piperidine rings is 1. The van der Waals surface area contributed by atoms with Crippen molar-refractivity contribution in [1.82, 2.24) is 10.6 Å². The quantitative estimate of drug-likeness (QED) is 0.129. The topological polar surface area (TPSA) is 58.2 Å². The summed E-state index contributed by atoms with van der Waals surface area (Å²) in [5, 5.41) is 6.44. The highest BCUT2D eigenvalue weighted by atomic mass is 35.5. The van der Waals surface area contributed by atoms with Crippen LogP contribution in [-0.2, 0) is 15.0 Å². The maximum atomic E-state index is 13.5. The number of carbonyl (C=O) groups excluding carboxylic acids is 2. The molecule has 0 bridgehead atoms. The van der Waals surface area contributed by atoms with Crippen LogP contribution in [0.15, 0.2) is 91.0 Å². The molecule has 0 aliphatic carbocycles. The van der Waals surface area contributed by atoms with Gasteiger partial charge in [-0.25, -0.2) is 0 Å². The third-order valence-corrected chi connectivity index (χ3v) is 10.2. The van der Waals surface area contributed by atoms with Crippen molar-refractivity contribution in [2.75, 3.05) is 39.3 Å². The van der Waals surface area contributed by atoms with Crippen LogP contribution in [0.25, 0.3) is 0 Å². The average Bonchev–Trinajstić information content (AvgIpc) is 3.09. The molecule has 0 aromatic heterocycles. The van der Waals surface area contributed by atoms with Crippen LogP contribution in [0.3, 0.4) is 0 Å². The maximum absolute atomic E-state index is 13.5. The molecule has 46 heavy (non-hydrogen) atoms. The minimum absolute atomic E-state index is 0. The molecule has 2 amide bonds. The van der Waals surface area contributed by atoms with Gasteiger partial charge in [-0.3, -0.25) is 9.59 Å². The number of halogens is 1. The minimum atomic E-state index is -0.589. The molecule has 250 valence electrons. The Morgan fingerprint density at radius 3 is 1.89 bits per heavy atom. The van der Waals surface area contributed by atoms with Gasteiger partial charge in [-0.2, -0.15) is 0 Å². The summed E-state index contributed by atoms with van der Waals surface area (Å²) in [5.41, 5.74) is 2.72. The van der Waals surface area contributed by atoms with Crippen molar-refractivity contribution < 1.29 is 26.5 Å². The number of rotatable bonds is 17. The molecule has 1 heterocycles. The Labute approximate surface area is 284 Å². The second-order valence-electron chi connectivity index (χ2n) is 13.4. The first-order valence-corrected chi connectivity index (χ1v) is 17.5. The van der Waals surface area contributed by atoms with E-state index < -0.39 is 5.41 Å². The zero-order chi connectivity index (χ0) is 32.0. The number of nitrogens with zero attached hydrogens (tertiary/aromatic N) is 1. The fourth-order valence-corrected chi connectivity index (χ4v) is 7.42. The van der Waals surface area contributed by atoms with Crippen LogP contribution in [0.1, 0.15) is 88.8 Å². The number of hydrogen-bond acceptors (Lipinski definition) is 2. The predicted octanol–water partition coefficient (Wildman–Crippen LogP) is 4.50. The van der Waals surface area contributed by atoms with Gasteiger partial charge in [-0.05, 0) is 55.7 Å². The highest BCUT2D eigenvalue weighted by Gasteiger charge is 2.38. The zero-order valence-corrected chi connectivity index (χ0v) is 29.1. The van der Waals surface area contributed by atoms with E-state index in [4.69, 9.17) is 0 Å². The van der Waals surface area contributed by atoms with E-state index >= 15 is 0 Å². The van der Waals surface area contributed by atoms with Crippen LogP contribution >= 0.6 is 0 Å². The lowest BCUT2D eigenvalue weighted by Gasteiger charge is -2.45. The molecule has 0 spiro atoms. The monoisotopic (exact) mass is 645 g/mol. The summed E-state index contributed by atoms with van der Waals surface area (Å²) in [6.45, 7) is 13.4. The molecule has 3 atom stereocenters. The number of amides is 2. The van der Waals surface area contributed by atoms with E-state index in [0.717, 1.165) is 48.4 Å². The van der Waals surface area contributed by atoms with Crippen molar-refractivity contribution in [2.45, 2.75) is 77.6 Å². The van der Waals surface area contributed by atoms with Crippen LogP contribution in [0.4, 0.5) is 0 Å². The van der Waals surface area contributed by atoms with Gasteiger partial charge in [0.2, 0.25) is 11.8 Å². The van der Waals surface area contributed by atoms with E-state index in [0.29, 0.717) is 25.3 Å². The van der Waals surface area contributed by atoms with Crippen LogP contribution < -0.4 is 23.0 Å². The summed E-state index contributed by atoms with van der Waals surface area (Å²) in [7, 11) is 0. The van der Waals surface area contributed by atoms with Crippen LogP contribution in [0.2, 0.25) is 0 Å². The van der Waals surface area contributed by atoms with E-state index in [1.165, 1.54) is 49.9 Å². The van der Waals surface area contributed by atoms with E-state index in [1.54, 1.807) is 0 Å². The molecule has 1 fully saturated rings. The van der Waals surface area contributed by atoms with Gasteiger partial charge in [0.1, 0.15) is 0 Å². The molecular weight excluding hydrogens is 590 g/mol. The lowest BCUT2D eigenvalue weighted by Crippen LogP contribution is -3.00. The molecule has 0 radical (unpaired) electrons. The van der Waals surface area contributed by atoms with Crippen molar-refractivity contribution in [3.05, 3.63) is 108 Å². The molecule has 3 aromatic rings. The summed E-state index contributed by atoms with van der Waals surface area (Å²) in [6.07, 6.45) is 7.23. The number of carbonyl (C=O) groups is 2. The van der Waals surface area contributed by atoms with Crippen molar-refractivity contribution in [2.24, 2.45) is 11.8 Å². The summed E-state index contributed by atoms with van der Waals surface area (Å²) < 4.78 is 1.21. The minimum Gasteiger partial charge on any atom is -1.00 e. The Bertz CT molecular complexity index is 1210. The van der Waals surface area contributed by atoms with Gasteiger partial charge in [-0.15, -0.1) is 0 Å². The number of nitrogens with one attached hydrogen (secondary N) is 2. The number of quaternary nitrogens is 1. The molecule has 1 aliphatic heterocycles. The fourth-order valence-electron chi connectivity index (χ4n) is 7.42. The number of likely N-dealkylation sites (tertiary alicyclic amines) is 1. The lowest BCUT2D eigenvalue weighted by molar-refractivity contribution is -0.937. The smallest absolute Gasteiger partial charge is 0.221 e. The van der Waals surface area contributed by atoms with Gasteiger partial charge >= 0.3 is 0 Å². The summed E-state index contributed by atoms with van der Waals surface area (Å²) >= 11 is 0. The van der Waals surface area contributed by atoms with Crippen molar-refractivity contribution in [3.8, 4) is 0 Å². The molecule has 2 N–H and O–H groups in total. The van der Waals surface area contributed by atoms with Crippen LogP contribution in [0, 0.1) is 11.8 Å². The number of hydrogen-bond donors (Lipinski definition) is 2. The SMILES string of the molecule is CC[C@H](C)C[N+]1(CC)CCC[C@@H](CNC(=O)CCCCCNC(=O)CC(c2ccccc2)(c2ccccc2)c2ccccc2)C1.[Cl-]. The fraction of sp³-hybridized carbons (Fsp3) is 0.500. The van der Waals surface area contributed by atoms with Gasteiger partial charge in [0.15, 0.2) is 0 Å². The second-order valence-corrected chi connectivity index (χ2v) is 13.4. The average molecular weight is 646 g/mol. The third-order valence-electron chi connectivity index (χ3n) is 10.2. The maximum Gasteiger partial charge on any atom is 0.221 e. The van der Waals surface area contributed by atoms with E-state index in [1.807, 2.05) is 54.6 Å². The molecule has 4 rings (SSSR count). The van der Waals surface area contributed by atoms with Gasteiger partial charge in [0, 0.05) is 37.8 Å².